The molecule has 82 valence electrons. The Kier molecular flexibility index (Phi) is 4.93. The second-order valence-corrected chi connectivity index (χ2v) is 4.47. The first kappa shape index (κ1) is 12.0. The number of hydrogen-bond acceptors (Lipinski definition) is 2. The molecule has 1 aliphatic rings. The molecule has 0 amide bonds. The summed E-state index contributed by atoms with van der Waals surface area (Å²) in [5, 5.41) is 3.55. The standard InChI is InChI=1S/C11H21ClN2/c1-4-11-8-14(7-9(2)5-12)10(3)6-13-11/h5,10-11,13H,4,6-8H2,1-3H3/b9-5+. The third kappa shape index (κ3) is 3.26. The number of piperazine rings is 1. The number of rotatable bonds is 3. The highest BCUT2D eigenvalue weighted by Crippen LogP contribution is 2.11. The van der Waals surface area contributed by atoms with Crippen molar-refractivity contribution in [3.8, 4) is 0 Å². The normalized spacial score (nSPS) is 30.7. The van der Waals surface area contributed by atoms with Crippen LogP contribution in [0.15, 0.2) is 11.1 Å². The molecule has 1 heterocycles. The second-order valence-electron chi connectivity index (χ2n) is 4.25. The van der Waals surface area contributed by atoms with Crippen LogP contribution in [0.3, 0.4) is 0 Å². The summed E-state index contributed by atoms with van der Waals surface area (Å²) in [6.45, 7) is 9.82. The quantitative estimate of drug-likeness (QED) is 0.778. The lowest BCUT2D eigenvalue weighted by molar-refractivity contribution is 0.151. The second kappa shape index (κ2) is 5.74. The van der Waals surface area contributed by atoms with E-state index in [1.165, 1.54) is 12.0 Å². The van der Waals surface area contributed by atoms with Gasteiger partial charge in [0.15, 0.2) is 0 Å². The lowest BCUT2D eigenvalue weighted by Crippen LogP contribution is -2.55. The van der Waals surface area contributed by atoms with Crippen LogP contribution in [0.1, 0.15) is 27.2 Å². The summed E-state index contributed by atoms with van der Waals surface area (Å²) < 4.78 is 0. The molecule has 0 aromatic heterocycles. The van der Waals surface area contributed by atoms with Gasteiger partial charge in [-0.1, -0.05) is 18.5 Å². The molecule has 0 spiro atoms. The van der Waals surface area contributed by atoms with Gasteiger partial charge in [0.25, 0.3) is 0 Å². The third-order valence-corrected chi connectivity index (χ3v) is 3.28. The van der Waals surface area contributed by atoms with E-state index in [-0.39, 0.29) is 0 Å². The zero-order valence-electron chi connectivity index (χ0n) is 9.39. The first-order valence-corrected chi connectivity index (χ1v) is 5.84. The molecule has 0 saturated carbocycles. The molecule has 2 nitrogen and oxygen atoms in total. The van der Waals surface area contributed by atoms with Crippen molar-refractivity contribution in [1.82, 2.24) is 10.2 Å². The average molecular weight is 217 g/mol. The number of nitrogens with one attached hydrogen (secondary N) is 1. The van der Waals surface area contributed by atoms with Crippen LogP contribution in [0.25, 0.3) is 0 Å². The maximum absolute atomic E-state index is 5.68. The maximum atomic E-state index is 5.68. The van der Waals surface area contributed by atoms with Crippen molar-refractivity contribution in [3.63, 3.8) is 0 Å². The molecule has 0 aliphatic carbocycles. The van der Waals surface area contributed by atoms with E-state index in [1.54, 1.807) is 5.54 Å². The zero-order chi connectivity index (χ0) is 10.6. The van der Waals surface area contributed by atoms with Crippen molar-refractivity contribution >= 4 is 11.6 Å². The Hall–Kier alpha value is -0.0500. The summed E-state index contributed by atoms with van der Waals surface area (Å²) in [4.78, 5) is 2.50. The van der Waals surface area contributed by atoms with Crippen molar-refractivity contribution in [2.75, 3.05) is 19.6 Å². The minimum Gasteiger partial charge on any atom is -0.311 e. The molecule has 3 heteroatoms. The number of halogens is 1. The molecule has 1 saturated heterocycles. The highest BCUT2D eigenvalue weighted by atomic mass is 35.5. The molecule has 2 unspecified atom stereocenters. The van der Waals surface area contributed by atoms with Gasteiger partial charge in [-0.25, -0.2) is 0 Å². The number of nitrogens with zero attached hydrogens (tertiary/aromatic N) is 1. The summed E-state index contributed by atoms with van der Waals surface area (Å²) in [6, 6.07) is 1.26. The molecule has 0 aromatic carbocycles. The lowest BCUT2D eigenvalue weighted by Gasteiger charge is -2.38. The van der Waals surface area contributed by atoms with Gasteiger partial charge in [-0.15, -0.1) is 0 Å². The molecule has 1 rings (SSSR count). The van der Waals surface area contributed by atoms with Crippen LogP contribution in [0.4, 0.5) is 0 Å². The van der Waals surface area contributed by atoms with Gasteiger partial charge in [0.2, 0.25) is 0 Å². The van der Waals surface area contributed by atoms with Gasteiger partial charge in [0.05, 0.1) is 0 Å². The van der Waals surface area contributed by atoms with Crippen LogP contribution in [0.5, 0.6) is 0 Å². The lowest BCUT2D eigenvalue weighted by atomic mass is 10.1. The molecule has 14 heavy (non-hydrogen) atoms. The molecule has 1 fully saturated rings. The van der Waals surface area contributed by atoms with Crippen molar-refractivity contribution in [3.05, 3.63) is 11.1 Å². The van der Waals surface area contributed by atoms with E-state index in [0.29, 0.717) is 12.1 Å². The van der Waals surface area contributed by atoms with Gasteiger partial charge in [-0.2, -0.15) is 0 Å². The van der Waals surface area contributed by atoms with Gasteiger partial charge >= 0.3 is 0 Å². The van der Waals surface area contributed by atoms with Crippen molar-refractivity contribution in [1.29, 1.82) is 0 Å². The van der Waals surface area contributed by atoms with Crippen LogP contribution in [0, 0.1) is 0 Å². The Morgan fingerprint density at radius 2 is 2.36 bits per heavy atom. The summed E-state index contributed by atoms with van der Waals surface area (Å²) in [5.41, 5.74) is 2.94. The summed E-state index contributed by atoms with van der Waals surface area (Å²) in [7, 11) is 0. The largest absolute Gasteiger partial charge is 0.311 e. The Morgan fingerprint density at radius 3 is 2.93 bits per heavy atom. The highest BCUT2D eigenvalue weighted by Gasteiger charge is 2.23. The smallest absolute Gasteiger partial charge is 0.0205 e. The van der Waals surface area contributed by atoms with Crippen molar-refractivity contribution in [2.45, 2.75) is 39.3 Å². The first-order chi connectivity index (χ1) is 6.67. The van der Waals surface area contributed by atoms with E-state index in [4.69, 9.17) is 11.6 Å². The highest BCUT2D eigenvalue weighted by molar-refractivity contribution is 6.25. The molecule has 0 radical (unpaired) electrons. The predicted molar refractivity (Wildman–Crippen MR) is 62.7 cm³/mol. The zero-order valence-corrected chi connectivity index (χ0v) is 10.1. The maximum Gasteiger partial charge on any atom is 0.0205 e. The Labute approximate surface area is 92.3 Å². The van der Waals surface area contributed by atoms with Crippen molar-refractivity contribution in [2.24, 2.45) is 0 Å². The van der Waals surface area contributed by atoms with Crippen LogP contribution < -0.4 is 5.32 Å². The van der Waals surface area contributed by atoms with Gasteiger partial charge in [0.1, 0.15) is 0 Å². The van der Waals surface area contributed by atoms with Gasteiger partial charge < -0.3 is 5.32 Å². The summed E-state index contributed by atoms with van der Waals surface area (Å²) >= 11 is 5.68. The molecular formula is C11H21ClN2. The van der Waals surface area contributed by atoms with E-state index >= 15 is 0 Å². The van der Waals surface area contributed by atoms with Crippen LogP contribution >= 0.6 is 11.6 Å². The molecule has 0 bridgehead atoms. The minimum absolute atomic E-state index is 0.615. The molecule has 2 atom stereocenters. The van der Waals surface area contributed by atoms with Gasteiger partial charge in [-0.3, -0.25) is 4.90 Å². The topological polar surface area (TPSA) is 15.3 Å². The third-order valence-electron chi connectivity index (χ3n) is 2.91. The van der Waals surface area contributed by atoms with E-state index in [9.17, 15) is 0 Å². The van der Waals surface area contributed by atoms with Crippen LogP contribution in [-0.2, 0) is 0 Å². The fourth-order valence-corrected chi connectivity index (χ4v) is 1.91. The predicted octanol–water partition coefficient (Wildman–Crippen LogP) is 2.20. The van der Waals surface area contributed by atoms with E-state index in [0.717, 1.165) is 19.6 Å². The summed E-state index contributed by atoms with van der Waals surface area (Å²) in [6.07, 6.45) is 1.20. The Morgan fingerprint density at radius 1 is 1.64 bits per heavy atom. The summed E-state index contributed by atoms with van der Waals surface area (Å²) in [5.74, 6) is 0. The van der Waals surface area contributed by atoms with E-state index < -0.39 is 0 Å². The fraction of sp³-hybridized carbons (Fsp3) is 0.818. The SMILES string of the molecule is CCC1CN(C/C(C)=C/Cl)C(C)CN1. The van der Waals surface area contributed by atoms with Gasteiger partial charge in [0, 0.05) is 37.3 Å². The Bertz CT molecular complexity index is 203. The molecule has 0 aromatic rings. The van der Waals surface area contributed by atoms with E-state index in [2.05, 4.69) is 31.0 Å². The average Bonchev–Trinajstić information content (AvgIpc) is 2.21. The van der Waals surface area contributed by atoms with E-state index in [1.807, 2.05) is 0 Å². The van der Waals surface area contributed by atoms with Gasteiger partial charge in [-0.05, 0) is 25.8 Å². The minimum atomic E-state index is 0.615. The molecular weight excluding hydrogens is 196 g/mol. The monoisotopic (exact) mass is 216 g/mol. The van der Waals surface area contributed by atoms with Crippen LogP contribution in [0.2, 0.25) is 0 Å². The number of hydrogen-bond donors (Lipinski definition) is 1. The van der Waals surface area contributed by atoms with Crippen molar-refractivity contribution < 1.29 is 0 Å². The first-order valence-electron chi connectivity index (χ1n) is 5.40. The Balaban J connectivity index is 2.48. The fourth-order valence-electron chi connectivity index (χ4n) is 1.84. The van der Waals surface area contributed by atoms with Crippen LogP contribution in [-0.4, -0.2) is 36.6 Å². The molecule has 1 aliphatic heterocycles. The molecule has 1 N–H and O–H groups in total.